The van der Waals surface area contributed by atoms with Crippen molar-refractivity contribution >= 4 is 28.2 Å². The molecule has 0 aliphatic heterocycles. The number of fused-ring (bicyclic) bond motifs is 1. The summed E-state index contributed by atoms with van der Waals surface area (Å²) >= 11 is 0. The maximum absolute atomic E-state index is 12.0. The molecule has 4 nitrogen and oxygen atoms in total. The van der Waals surface area contributed by atoms with Gasteiger partial charge in [0.05, 0.1) is 12.1 Å². The standard InChI is InChI=1S/C17H19NO3/c1-17(2,3)14(20)10-15(21)18-16-12-7-5-4-6-11(12)8-9-13(16)19/h4-9,19H,10H2,1-3H3,(H,18,21). The van der Waals surface area contributed by atoms with E-state index in [2.05, 4.69) is 5.32 Å². The van der Waals surface area contributed by atoms with E-state index in [4.69, 9.17) is 0 Å². The highest BCUT2D eigenvalue weighted by Gasteiger charge is 2.24. The normalized spacial score (nSPS) is 11.4. The van der Waals surface area contributed by atoms with E-state index in [1.165, 1.54) is 6.07 Å². The third-order valence-corrected chi connectivity index (χ3v) is 3.33. The number of anilines is 1. The molecule has 2 aromatic rings. The average Bonchev–Trinajstić information content (AvgIpc) is 2.41. The Bertz CT molecular complexity index is 699. The number of aromatic hydroxyl groups is 1. The molecule has 0 atom stereocenters. The van der Waals surface area contributed by atoms with E-state index >= 15 is 0 Å². The molecule has 1 amide bonds. The second kappa shape index (κ2) is 5.56. The third-order valence-electron chi connectivity index (χ3n) is 3.33. The lowest BCUT2D eigenvalue weighted by Crippen LogP contribution is -2.26. The van der Waals surface area contributed by atoms with E-state index < -0.39 is 11.3 Å². The lowest BCUT2D eigenvalue weighted by molar-refractivity contribution is -0.130. The van der Waals surface area contributed by atoms with Crippen molar-refractivity contribution in [2.45, 2.75) is 27.2 Å². The number of nitrogens with one attached hydrogen (secondary N) is 1. The van der Waals surface area contributed by atoms with Gasteiger partial charge in [-0.05, 0) is 11.5 Å². The number of phenolic OH excluding ortho intramolecular Hbond substituents is 1. The summed E-state index contributed by atoms with van der Waals surface area (Å²) in [6.45, 7) is 5.33. The van der Waals surface area contributed by atoms with Crippen LogP contribution in [0.15, 0.2) is 36.4 Å². The molecule has 0 saturated heterocycles. The smallest absolute Gasteiger partial charge is 0.231 e. The van der Waals surface area contributed by atoms with Gasteiger partial charge in [0.25, 0.3) is 0 Å². The largest absolute Gasteiger partial charge is 0.506 e. The molecule has 0 bridgehead atoms. The number of rotatable bonds is 3. The van der Waals surface area contributed by atoms with Crippen LogP contribution >= 0.6 is 0 Å². The first kappa shape index (κ1) is 15.0. The first-order valence-corrected chi connectivity index (χ1v) is 6.83. The van der Waals surface area contributed by atoms with Crippen molar-refractivity contribution in [2.75, 3.05) is 5.32 Å². The van der Waals surface area contributed by atoms with Crippen LogP contribution in [0.2, 0.25) is 0 Å². The summed E-state index contributed by atoms with van der Waals surface area (Å²) in [4.78, 5) is 23.9. The van der Waals surface area contributed by atoms with Crippen LogP contribution in [0.5, 0.6) is 5.75 Å². The fourth-order valence-electron chi connectivity index (χ4n) is 1.99. The molecule has 0 fully saturated rings. The summed E-state index contributed by atoms with van der Waals surface area (Å²) < 4.78 is 0. The SMILES string of the molecule is CC(C)(C)C(=O)CC(=O)Nc1c(O)ccc2ccccc12. The van der Waals surface area contributed by atoms with Crippen LogP contribution in [0.3, 0.4) is 0 Å². The first-order chi connectivity index (χ1) is 9.79. The molecule has 2 aromatic carbocycles. The second-order valence-electron chi connectivity index (χ2n) is 6.08. The van der Waals surface area contributed by atoms with Crippen LogP contribution in [0.1, 0.15) is 27.2 Å². The van der Waals surface area contributed by atoms with Crippen molar-refractivity contribution in [2.24, 2.45) is 5.41 Å². The number of benzene rings is 2. The molecule has 0 spiro atoms. The summed E-state index contributed by atoms with van der Waals surface area (Å²) in [7, 11) is 0. The molecule has 0 unspecified atom stereocenters. The predicted octanol–water partition coefficient (Wildman–Crippen LogP) is 3.49. The average molecular weight is 285 g/mol. The zero-order valence-corrected chi connectivity index (χ0v) is 12.4. The molecule has 4 heteroatoms. The zero-order valence-electron chi connectivity index (χ0n) is 12.4. The Morgan fingerprint density at radius 2 is 1.76 bits per heavy atom. The van der Waals surface area contributed by atoms with Crippen molar-refractivity contribution in [1.82, 2.24) is 0 Å². The highest BCUT2D eigenvalue weighted by atomic mass is 16.3. The molecule has 0 saturated carbocycles. The van der Waals surface area contributed by atoms with Crippen LogP contribution in [-0.4, -0.2) is 16.8 Å². The maximum Gasteiger partial charge on any atom is 0.231 e. The summed E-state index contributed by atoms with van der Waals surface area (Å²) in [5, 5.41) is 14.3. The molecule has 110 valence electrons. The highest BCUT2D eigenvalue weighted by Crippen LogP contribution is 2.32. The molecule has 2 rings (SSSR count). The zero-order chi connectivity index (χ0) is 15.6. The van der Waals surface area contributed by atoms with E-state index in [1.807, 2.05) is 24.3 Å². The van der Waals surface area contributed by atoms with Crippen molar-refractivity contribution in [1.29, 1.82) is 0 Å². The summed E-state index contributed by atoms with van der Waals surface area (Å²) in [5.41, 5.74) is -0.210. The van der Waals surface area contributed by atoms with E-state index in [-0.39, 0.29) is 18.0 Å². The quantitative estimate of drug-likeness (QED) is 0.670. The molecule has 0 aliphatic rings. The monoisotopic (exact) mass is 285 g/mol. The topological polar surface area (TPSA) is 66.4 Å². The lowest BCUT2D eigenvalue weighted by Gasteiger charge is -2.16. The number of phenols is 1. The van der Waals surface area contributed by atoms with Crippen molar-refractivity contribution in [3.63, 3.8) is 0 Å². The highest BCUT2D eigenvalue weighted by molar-refractivity contribution is 6.10. The Balaban J connectivity index is 2.26. The van der Waals surface area contributed by atoms with Gasteiger partial charge in [0.15, 0.2) is 0 Å². The maximum atomic E-state index is 12.0. The van der Waals surface area contributed by atoms with Crippen LogP contribution in [0.4, 0.5) is 5.69 Å². The molecule has 0 radical (unpaired) electrons. The first-order valence-electron chi connectivity index (χ1n) is 6.83. The number of hydrogen-bond donors (Lipinski definition) is 2. The lowest BCUT2D eigenvalue weighted by atomic mass is 9.89. The number of amides is 1. The molecule has 2 N–H and O–H groups in total. The van der Waals surface area contributed by atoms with Crippen molar-refractivity contribution in [3.05, 3.63) is 36.4 Å². The van der Waals surface area contributed by atoms with Gasteiger partial charge in [-0.2, -0.15) is 0 Å². The predicted molar refractivity (Wildman–Crippen MR) is 83.3 cm³/mol. The molecule has 0 heterocycles. The van der Waals surface area contributed by atoms with Crippen LogP contribution < -0.4 is 5.32 Å². The van der Waals surface area contributed by atoms with Gasteiger partial charge in [-0.15, -0.1) is 0 Å². The van der Waals surface area contributed by atoms with Gasteiger partial charge in [-0.1, -0.05) is 51.1 Å². The minimum absolute atomic E-state index is 0.00902. The fraction of sp³-hybridized carbons (Fsp3) is 0.294. The molecule has 0 aromatic heterocycles. The van der Waals surface area contributed by atoms with Gasteiger partial charge < -0.3 is 10.4 Å². The third kappa shape index (κ3) is 3.40. The summed E-state index contributed by atoms with van der Waals surface area (Å²) in [6.07, 6.45) is -0.202. The minimum atomic E-state index is -0.557. The number of carbonyl (C=O) groups is 2. The van der Waals surface area contributed by atoms with Gasteiger partial charge >= 0.3 is 0 Å². The molecular weight excluding hydrogens is 266 g/mol. The van der Waals surface area contributed by atoms with E-state index in [0.717, 1.165) is 10.8 Å². The Morgan fingerprint density at radius 3 is 2.43 bits per heavy atom. The number of carbonyl (C=O) groups excluding carboxylic acids is 2. The van der Waals surface area contributed by atoms with Gasteiger partial charge in [0.2, 0.25) is 5.91 Å². The van der Waals surface area contributed by atoms with Crippen molar-refractivity contribution < 1.29 is 14.7 Å². The van der Waals surface area contributed by atoms with Gasteiger partial charge in [0.1, 0.15) is 11.5 Å². The van der Waals surface area contributed by atoms with Gasteiger partial charge in [0, 0.05) is 10.8 Å². The number of ketones is 1. The van der Waals surface area contributed by atoms with Crippen LogP contribution in [0, 0.1) is 5.41 Å². The number of hydrogen-bond acceptors (Lipinski definition) is 3. The Kier molecular flexibility index (Phi) is 3.98. The second-order valence-corrected chi connectivity index (χ2v) is 6.08. The Morgan fingerprint density at radius 1 is 1.10 bits per heavy atom. The molecular formula is C17H19NO3. The van der Waals surface area contributed by atoms with Crippen LogP contribution in [-0.2, 0) is 9.59 Å². The van der Waals surface area contributed by atoms with Crippen LogP contribution in [0.25, 0.3) is 10.8 Å². The van der Waals surface area contributed by atoms with Gasteiger partial charge in [-0.25, -0.2) is 0 Å². The fourth-order valence-corrected chi connectivity index (χ4v) is 1.99. The Labute approximate surface area is 123 Å². The Hall–Kier alpha value is -2.36. The summed E-state index contributed by atoms with van der Waals surface area (Å²) in [5.74, 6) is -0.563. The van der Waals surface area contributed by atoms with E-state index in [9.17, 15) is 14.7 Å². The molecule has 0 aliphatic carbocycles. The van der Waals surface area contributed by atoms with Gasteiger partial charge in [-0.3, -0.25) is 9.59 Å². The van der Waals surface area contributed by atoms with E-state index in [1.54, 1.807) is 26.8 Å². The summed E-state index contributed by atoms with van der Waals surface area (Å²) in [6, 6.07) is 10.7. The van der Waals surface area contributed by atoms with Crippen molar-refractivity contribution in [3.8, 4) is 5.75 Å². The van der Waals surface area contributed by atoms with E-state index in [0.29, 0.717) is 5.69 Å². The molecule has 21 heavy (non-hydrogen) atoms. The minimum Gasteiger partial charge on any atom is -0.506 e. The number of Topliss-reactive ketones (excluding diaryl/α,β-unsaturated/α-hetero) is 1.